The number of non-ortho nitro benzene ring substituents is 1. The van der Waals surface area contributed by atoms with Gasteiger partial charge in [0.15, 0.2) is 0 Å². The number of aliphatic hydroxyl groups is 1. The van der Waals surface area contributed by atoms with Gasteiger partial charge in [-0.2, -0.15) is 5.26 Å². The molecule has 0 unspecified atom stereocenters. The first kappa shape index (κ1) is 19.3. The van der Waals surface area contributed by atoms with E-state index in [0.717, 1.165) is 5.69 Å². The summed E-state index contributed by atoms with van der Waals surface area (Å²) in [6, 6.07) is 13.8. The van der Waals surface area contributed by atoms with Crippen molar-refractivity contribution in [2.24, 2.45) is 10.2 Å². The number of hydrogen-bond donors (Lipinski definition) is 1. The molecule has 142 valence electrons. The van der Waals surface area contributed by atoms with Crippen LogP contribution in [0.15, 0.2) is 52.7 Å². The van der Waals surface area contributed by atoms with E-state index in [0.29, 0.717) is 40.5 Å². The standard InChI is InChI=1S/C18H16N6O3S/c19-8-1-9-23(10-11-25)14-4-2-13(3-5-14)21-22-18-20-16-7-6-15(24(26)27)12-17(16)28-18/h2-7,12,25H,1,9-11H2. The molecule has 1 aromatic heterocycles. The Kier molecular flexibility index (Phi) is 6.21. The van der Waals surface area contributed by atoms with E-state index in [1.165, 1.54) is 23.5 Å². The molecule has 0 atom stereocenters. The second-order valence-corrected chi connectivity index (χ2v) is 6.75. The van der Waals surface area contributed by atoms with E-state index >= 15 is 0 Å². The second kappa shape index (κ2) is 8.98. The summed E-state index contributed by atoms with van der Waals surface area (Å²) in [6.07, 6.45) is 0.372. The molecule has 10 heteroatoms. The van der Waals surface area contributed by atoms with Crippen molar-refractivity contribution in [3.8, 4) is 6.07 Å². The molecular formula is C18H16N6O3S. The highest BCUT2D eigenvalue weighted by Gasteiger charge is 2.10. The van der Waals surface area contributed by atoms with Gasteiger partial charge in [-0.25, -0.2) is 4.98 Å². The van der Waals surface area contributed by atoms with Crippen LogP contribution in [0, 0.1) is 21.4 Å². The number of rotatable bonds is 8. The number of fused-ring (bicyclic) bond motifs is 1. The van der Waals surface area contributed by atoms with Crippen molar-refractivity contribution < 1.29 is 10.0 Å². The number of benzene rings is 2. The Morgan fingerprint density at radius 2 is 2.00 bits per heavy atom. The van der Waals surface area contributed by atoms with Crippen molar-refractivity contribution in [2.75, 3.05) is 24.6 Å². The van der Waals surface area contributed by atoms with Crippen LogP contribution in [-0.4, -0.2) is 34.7 Å². The van der Waals surface area contributed by atoms with Crippen molar-refractivity contribution in [1.29, 1.82) is 5.26 Å². The van der Waals surface area contributed by atoms with E-state index in [1.807, 2.05) is 17.0 Å². The second-order valence-electron chi connectivity index (χ2n) is 5.74. The Morgan fingerprint density at radius 1 is 1.21 bits per heavy atom. The summed E-state index contributed by atoms with van der Waals surface area (Å²) in [6.45, 7) is 0.985. The number of hydrogen-bond acceptors (Lipinski definition) is 9. The molecule has 0 fully saturated rings. The molecule has 0 saturated carbocycles. The molecule has 0 aliphatic heterocycles. The van der Waals surface area contributed by atoms with Gasteiger partial charge >= 0.3 is 0 Å². The molecule has 1 N–H and O–H groups in total. The third kappa shape index (κ3) is 4.64. The van der Waals surface area contributed by atoms with E-state index < -0.39 is 4.92 Å². The van der Waals surface area contributed by atoms with Crippen LogP contribution in [0.2, 0.25) is 0 Å². The lowest BCUT2D eigenvalue weighted by molar-refractivity contribution is -0.384. The smallest absolute Gasteiger partial charge is 0.270 e. The Balaban J connectivity index is 1.74. The van der Waals surface area contributed by atoms with Crippen LogP contribution in [0.5, 0.6) is 0 Å². The zero-order valence-corrected chi connectivity index (χ0v) is 15.5. The largest absolute Gasteiger partial charge is 0.395 e. The summed E-state index contributed by atoms with van der Waals surface area (Å²) in [5.41, 5.74) is 2.16. The minimum atomic E-state index is -0.446. The molecule has 0 bridgehead atoms. The first-order chi connectivity index (χ1) is 13.6. The number of nitro groups is 1. The van der Waals surface area contributed by atoms with Crippen LogP contribution >= 0.6 is 11.3 Å². The highest BCUT2D eigenvalue weighted by molar-refractivity contribution is 7.21. The Hall–Kier alpha value is -3.42. The number of nitro benzene ring substituents is 1. The van der Waals surface area contributed by atoms with Gasteiger partial charge in [0.05, 0.1) is 39.9 Å². The van der Waals surface area contributed by atoms with Crippen LogP contribution in [0.25, 0.3) is 10.2 Å². The monoisotopic (exact) mass is 396 g/mol. The number of aliphatic hydroxyl groups excluding tert-OH is 1. The summed E-state index contributed by atoms with van der Waals surface area (Å²) in [7, 11) is 0. The maximum atomic E-state index is 10.9. The number of anilines is 1. The molecule has 0 saturated heterocycles. The van der Waals surface area contributed by atoms with Gasteiger partial charge in [0.1, 0.15) is 0 Å². The van der Waals surface area contributed by atoms with Crippen molar-refractivity contribution in [3.63, 3.8) is 0 Å². The third-order valence-corrected chi connectivity index (χ3v) is 4.80. The first-order valence-corrected chi connectivity index (χ1v) is 9.22. The molecule has 1 heterocycles. The molecule has 0 aliphatic rings. The SMILES string of the molecule is N#CCCN(CCO)c1ccc(N=Nc2nc3ccc([N+](=O)[O-])cc3s2)cc1. The highest BCUT2D eigenvalue weighted by Crippen LogP contribution is 2.32. The van der Waals surface area contributed by atoms with Crippen LogP contribution in [0.4, 0.5) is 22.2 Å². The van der Waals surface area contributed by atoms with Crippen molar-refractivity contribution in [1.82, 2.24) is 4.98 Å². The minimum absolute atomic E-state index is 0.00264. The molecule has 0 aliphatic carbocycles. The van der Waals surface area contributed by atoms with E-state index in [9.17, 15) is 10.1 Å². The number of thiazole rings is 1. The van der Waals surface area contributed by atoms with E-state index in [-0.39, 0.29) is 12.3 Å². The van der Waals surface area contributed by atoms with Crippen LogP contribution in [0.3, 0.4) is 0 Å². The number of nitriles is 1. The Bertz CT molecular complexity index is 1040. The van der Waals surface area contributed by atoms with E-state index in [4.69, 9.17) is 10.4 Å². The van der Waals surface area contributed by atoms with Crippen LogP contribution in [0.1, 0.15) is 6.42 Å². The lowest BCUT2D eigenvalue weighted by atomic mass is 10.2. The lowest BCUT2D eigenvalue weighted by Crippen LogP contribution is -2.27. The average Bonchev–Trinajstić information content (AvgIpc) is 3.12. The summed E-state index contributed by atoms with van der Waals surface area (Å²) in [5, 5.41) is 37.4. The lowest BCUT2D eigenvalue weighted by Gasteiger charge is -2.22. The van der Waals surface area contributed by atoms with Crippen LogP contribution < -0.4 is 4.90 Å². The third-order valence-electron chi connectivity index (χ3n) is 3.90. The van der Waals surface area contributed by atoms with Gasteiger partial charge < -0.3 is 10.0 Å². The minimum Gasteiger partial charge on any atom is -0.395 e. The summed E-state index contributed by atoms with van der Waals surface area (Å²) in [5.74, 6) is 0. The number of aromatic nitrogens is 1. The van der Waals surface area contributed by atoms with Gasteiger partial charge in [-0.05, 0) is 30.3 Å². The number of azo groups is 1. The summed E-state index contributed by atoms with van der Waals surface area (Å²) in [4.78, 5) is 16.6. The van der Waals surface area contributed by atoms with E-state index in [1.54, 1.807) is 18.2 Å². The predicted molar refractivity (Wildman–Crippen MR) is 106 cm³/mol. The molecular weight excluding hydrogens is 380 g/mol. The first-order valence-electron chi connectivity index (χ1n) is 8.40. The maximum Gasteiger partial charge on any atom is 0.270 e. The van der Waals surface area contributed by atoms with Gasteiger partial charge in [0, 0.05) is 30.9 Å². The van der Waals surface area contributed by atoms with Gasteiger partial charge in [-0.1, -0.05) is 11.3 Å². The molecule has 28 heavy (non-hydrogen) atoms. The maximum absolute atomic E-state index is 10.9. The fraction of sp³-hybridized carbons (Fsp3) is 0.222. The quantitative estimate of drug-likeness (QED) is 0.343. The fourth-order valence-electron chi connectivity index (χ4n) is 2.56. The Morgan fingerprint density at radius 3 is 2.68 bits per heavy atom. The van der Waals surface area contributed by atoms with Gasteiger partial charge in [0.25, 0.3) is 5.69 Å². The molecule has 3 aromatic rings. The van der Waals surface area contributed by atoms with Gasteiger partial charge in [0.2, 0.25) is 5.13 Å². The van der Waals surface area contributed by atoms with Crippen molar-refractivity contribution >= 4 is 43.7 Å². The molecule has 2 aromatic carbocycles. The number of nitrogens with zero attached hydrogens (tertiary/aromatic N) is 6. The van der Waals surface area contributed by atoms with Crippen LogP contribution in [-0.2, 0) is 0 Å². The predicted octanol–water partition coefficient (Wildman–Crippen LogP) is 4.33. The molecule has 9 nitrogen and oxygen atoms in total. The van der Waals surface area contributed by atoms with Crippen molar-refractivity contribution in [2.45, 2.75) is 6.42 Å². The van der Waals surface area contributed by atoms with Crippen molar-refractivity contribution in [3.05, 3.63) is 52.6 Å². The highest BCUT2D eigenvalue weighted by atomic mass is 32.1. The fourth-order valence-corrected chi connectivity index (χ4v) is 3.38. The summed E-state index contributed by atoms with van der Waals surface area (Å²) < 4.78 is 0.677. The van der Waals surface area contributed by atoms with Gasteiger partial charge in [-0.3, -0.25) is 10.1 Å². The topological polar surface area (TPSA) is 128 Å². The molecule has 0 spiro atoms. The average molecular weight is 396 g/mol. The zero-order chi connectivity index (χ0) is 19.9. The van der Waals surface area contributed by atoms with E-state index in [2.05, 4.69) is 21.3 Å². The summed E-state index contributed by atoms with van der Waals surface area (Å²) >= 11 is 1.23. The molecule has 3 rings (SSSR count). The normalized spacial score (nSPS) is 11.0. The molecule has 0 amide bonds. The zero-order valence-electron chi connectivity index (χ0n) is 14.7. The Labute approximate surface area is 164 Å². The molecule has 0 radical (unpaired) electrons. The van der Waals surface area contributed by atoms with Gasteiger partial charge in [-0.15, -0.1) is 10.2 Å².